The van der Waals surface area contributed by atoms with E-state index in [1.807, 2.05) is 24.3 Å². The van der Waals surface area contributed by atoms with Gasteiger partial charge in [-0.05, 0) is 43.7 Å². The maximum absolute atomic E-state index is 12.2. The molecule has 2 aromatic rings. The molecular weight excluding hydrogens is 332 g/mol. The number of rotatable bonds is 4. The Hall–Kier alpha value is -1.63. The fraction of sp³-hybridized carbons (Fsp3) is 0.312. The maximum Gasteiger partial charge on any atom is 0.272 e. The van der Waals surface area contributed by atoms with Gasteiger partial charge in [-0.1, -0.05) is 35.5 Å². The third-order valence-electron chi connectivity index (χ3n) is 3.56. The lowest BCUT2D eigenvalue weighted by atomic mass is 10.1. The molecule has 5 nitrogen and oxygen atoms in total. The molecule has 0 bridgehead atoms. The van der Waals surface area contributed by atoms with Gasteiger partial charge in [-0.2, -0.15) is 0 Å². The lowest BCUT2D eigenvalue weighted by Gasteiger charge is -2.23. The Labute approximate surface area is 144 Å². The van der Waals surface area contributed by atoms with Crippen molar-refractivity contribution < 1.29 is 4.79 Å². The number of nitrogens with one attached hydrogen (secondary N) is 2. The van der Waals surface area contributed by atoms with Crippen molar-refractivity contribution in [3.8, 4) is 0 Å². The summed E-state index contributed by atoms with van der Waals surface area (Å²) in [6.45, 7) is 1.82. The molecule has 1 atom stereocenters. The fourth-order valence-electron chi connectivity index (χ4n) is 2.37. The smallest absolute Gasteiger partial charge is 0.272 e. The fourth-order valence-corrected chi connectivity index (χ4v) is 3.38. The Morgan fingerprint density at radius 1 is 1.26 bits per heavy atom. The summed E-state index contributed by atoms with van der Waals surface area (Å²) in [7, 11) is 0. The SMILES string of the molecule is O=C(N[C@H]1CCCNC1)c1ccc(Sc2ccccc2Cl)nn1. The highest BCUT2D eigenvalue weighted by Gasteiger charge is 2.17. The molecule has 1 aromatic heterocycles. The molecule has 1 fully saturated rings. The molecule has 2 heterocycles. The quantitative estimate of drug-likeness (QED) is 0.889. The van der Waals surface area contributed by atoms with Crippen LogP contribution in [0.15, 0.2) is 46.3 Å². The van der Waals surface area contributed by atoms with E-state index in [2.05, 4.69) is 20.8 Å². The second kappa shape index (κ2) is 7.77. The number of hydrogen-bond donors (Lipinski definition) is 2. The van der Waals surface area contributed by atoms with Gasteiger partial charge in [0.2, 0.25) is 0 Å². The van der Waals surface area contributed by atoms with Crippen molar-refractivity contribution in [1.29, 1.82) is 0 Å². The highest BCUT2D eigenvalue weighted by atomic mass is 35.5. The number of hydrogen-bond acceptors (Lipinski definition) is 5. The normalized spacial score (nSPS) is 17.7. The van der Waals surface area contributed by atoms with Crippen LogP contribution in [0.25, 0.3) is 0 Å². The highest BCUT2D eigenvalue weighted by molar-refractivity contribution is 7.99. The van der Waals surface area contributed by atoms with Crippen molar-refractivity contribution in [1.82, 2.24) is 20.8 Å². The van der Waals surface area contributed by atoms with Crippen molar-refractivity contribution in [2.24, 2.45) is 0 Å². The molecule has 0 radical (unpaired) electrons. The second-order valence-electron chi connectivity index (χ2n) is 5.31. The first kappa shape index (κ1) is 16.2. The Morgan fingerprint density at radius 2 is 2.13 bits per heavy atom. The molecule has 120 valence electrons. The summed E-state index contributed by atoms with van der Waals surface area (Å²) >= 11 is 7.55. The first-order valence-corrected chi connectivity index (χ1v) is 8.69. The van der Waals surface area contributed by atoms with Crippen molar-refractivity contribution >= 4 is 29.3 Å². The topological polar surface area (TPSA) is 66.9 Å². The molecule has 0 spiro atoms. The number of piperidine rings is 1. The summed E-state index contributed by atoms with van der Waals surface area (Å²) in [5.41, 5.74) is 0.332. The number of nitrogens with zero attached hydrogens (tertiary/aromatic N) is 2. The van der Waals surface area contributed by atoms with E-state index in [4.69, 9.17) is 11.6 Å². The zero-order valence-corrected chi connectivity index (χ0v) is 14.0. The number of amides is 1. The number of carbonyl (C=O) groups is 1. The summed E-state index contributed by atoms with van der Waals surface area (Å²) in [6, 6.07) is 11.2. The number of carbonyl (C=O) groups excluding carboxylic acids is 1. The van der Waals surface area contributed by atoms with Gasteiger partial charge in [0.05, 0.1) is 5.02 Å². The minimum Gasteiger partial charge on any atom is -0.347 e. The van der Waals surface area contributed by atoms with Gasteiger partial charge >= 0.3 is 0 Å². The predicted molar refractivity (Wildman–Crippen MR) is 91.0 cm³/mol. The maximum atomic E-state index is 12.2. The predicted octanol–water partition coefficient (Wildman–Crippen LogP) is 2.76. The van der Waals surface area contributed by atoms with Gasteiger partial charge in [0.1, 0.15) is 5.03 Å². The molecule has 1 saturated heterocycles. The van der Waals surface area contributed by atoms with E-state index < -0.39 is 0 Å². The first-order chi connectivity index (χ1) is 11.2. The van der Waals surface area contributed by atoms with Crippen LogP contribution < -0.4 is 10.6 Å². The molecule has 1 aliphatic heterocycles. The minimum absolute atomic E-state index is 0.162. The van der Waals surface area contributed by atoms with Crippen LogP contribution in [0.5, 0.6) is 0 Å². The minimum atomic E-state index is -0.180. The van der Waals surface area contributed by atoms with Crippen LogP contribution in [-0.4, -0.2) is 35.2 Å². The lowest BCUT2D eigenvalue weighted by Crippen LogP contribution is -2.45. The van der Waals surface area contributed by atoms with Crippen LogP contribution >= 0.6 is 23.4 Å². The Bertz CT molecular complexity index is 674. The van der Waals surface area contributed by atoms with E-state index in [0.29, 0.717) is 15.7 Å². The van der Waals surface area contributed by atoms with E-state index in [9.17, 15) is 4.79 Å². The summed E-state index contributed by atoms with van der Waals surface area (Å²) in [4.78, 5) is 13.1. The lowest BCUT2D eigenvalue weighted by molar-refractivity contribution is 0.0924. The molecule has 1 aromatic carbocycles. The third kappa shape index (κ3) is 4.43. The average Bonchev–Trinajstić information content (AvgIpc) is 2.58. The zero-order chi connectivity index (χ0) is 16.1. The van der Waals surface area contributed by atoms with Crippen LogP contribution in [0.2, 0.25) is 5.02 Å². The molecule has 1 aliphatic rings. The van der Waals surface area contributed by atoms with Crippen molar-refractivity contribution in [3.63, 3.8) is 0 Å². The molecular formula is C16H17ClN4OS. The molecule has 7 heteroatoms. The van der Waals surface area contributed by atoms with Gasteiger partial charge in [0.25, 0.3) is 5.91 Å². The monoisotopic (exact) mass is 348 g/mol. The van der Waals surface area contributed by atoms with Gasteiger partial charge in [0, 0.05) is 17.5 Å². The molecule has 0 aliphatic carbocycles. The van der Waals surface area contributed by atoms with Crippen molar-refractivity contribution in [2.75, 3.05) is 13.1 Å². The molecule has 2 N–H and O–H groups in total. The van der Waals surface area contributed by atoms with E-state index in [0.717, 1.165) is 30.8 Å². The first-order valence-electron chi connectivity index (χ1n) is 7.50. The standard InChI is InChI=1S/C16H17ClN4OS/c17-12-5-1-2-6-14(12)23-15-8-7-13(20-21-15)16(22)19-11-4-3-9-18-10-11/h1-2,5-8,11,18H,3-4,9-10H2,(H,19,22)/t11-/m0/s1. The third-order valence-corrected chi connectivity index (χ3v) is 5.00. The summed E-state index contributed by atoms with van der Waals surface area (Å²) < 4.78 is 0. The summed E-state index contributed by atoms with van der Waals surface area (Å²) in [5, 5.41) is 15.8. The van der Waals surface area contributed by atoms with Crippen LogP contribution in [0.1, 0.15) is 23.3 Å². The highest BCUT2D eigenvalue weighted by Crippen LogP contribution is 2.31. The van der Waals surface area contributed by atoms with Gasteiger partial charge in [-0.25, -0.2) is 0 Å². The number of aromatic nitrogens is 2. The summed E-state index contributed by atoms with van der Waals surface area (Å²) in [6.07, 6.45) is 2.07. The van der Waals surface area contributed by atoms with Crippen LogP contribution in [0, 0.1) is 0 Å². The van der Waals surface area contributed by atoms with Crippen LogP contribution in [0.4, 0.5) is 0 Å². The van der Waals surface area contributed by atoms with Crippen LogP contribution in [-0.2, 0) is 0 Å². The zero-order valence-electron chi connectivity index (χ0n) is 12.5. The molecule has 23 heavy (non-hydrogen) atoms. The second-order valence-corrected chi connectivity index (χ2v) is 6.78. The van der Waals surface area contributed by atoms with Crippen molar-refractivity contribution in [2.45, 2.75) is 28.8 Å². The Balaban J connectivity index is 1.62. The van der Waals surface area contributed by atoms with Gasteiger partial charge in [-0.3, -0.25) is 4.79 Å². The summed E-state index contributed by atoms with van der Waals surface area (Å²) in [5.74, 6) is -0.180. The largest absolute Gasteiger partial charge is 0.347 e. The Kier molecular flexibility index (Phi) is 5.48. The number of benzene rings is 1. The number of halogens is 1. The van der Waals surface area contributed by atoms with Gasteiger partial charge in [0.15, 0.2) is 5.69 Å². The average molecular weight is 349 g/mol. The van der Waals surface area contributed by atoms with Crippen molar-refractivity contribution in [3.05, 3.63) is 47.1 Å². The van der Waals surface area contributed by atoms with E-state index >= 15 is 0 Å². The molecule has 3 rings (SSSR count). The molecule has 0 saturated carbocycles. The molecule has 1 amide bonds. The molecule has 0 unspecified atom stereocenters. The van der Waals surface area contributed by atoms with Crippen LogP contribution in [0.3, 0.4) is 0 Å². The van der Waals surface area contributed by atoms with E-state index in [1.165, 1.54) is 11.8 Å². The van der Waals surface area contributed by atoms with E-state index in [1.54, 1.807) is 12.1 Å². The van der Waals surface area contributed by atoms with Gasteiger partial charge in [-0.15, -0.1) is 10.2 Å². The van der Waals surface area contributed by atoms with E-state index in [-0.39, 0.29) is 11.9 Å². The van der Waals surface area contributed by atoms with Gasteiger partial charge < -0.3 is 10.6 Å². The Morgan fingerprint density at radius 3 is 2.83 bits per heavy atom.